The molecule has 1 N–H and O–H groups in total. The molecule has 8 heteroatoms. The summed E-state index contributed by atoms with van der Waals surface area (Å²) in [5.74, 6) is 1.70. The fraction of sp³-hybridized carbons (Fsp3) is 0.560. The Hall–Kier alpha value is -2.45. The Morgan fingerprint density at radius 3 is 2.97 bits per heavy atom. The largest absolute Gasteiger partial charge is 0.468 e. The van der Waals surface area contributed by atoms with E-state index in [2.05, 4.69) is 24.1 Å². The molecule has 3 aromatic rings. The van der Waals surface area contributed by atoms with Gasteiger partial charge in [-0.25, -0.2) is 4.98 Å². The van der Waals surface area contributed by atoms with Crippen LogP contribution in [0.3, 0.4) is 0 Å². The van der Waals surface area contributed by atoms with Gasteiger partial charge in [-0.2, -0.15) is 0 Å². The van der Waals surface area contributed by atoms with E-state index in [1.54, 1.807) is 6.26 Å². The summed E-state index contributed by atoms with van der Waals surface area (Å²) in [4.78, 5) is 34.5. The molecule has 0 spiro atoms. The molecule has 0 fully saturated rings. The number of nitrogens with one attached hydrogen (secondary N) is 1. The first-order valence-electron chi connectivity index (χ1n) is 12.1. The van der Waals surface area contributed by atoms with E-state index in [9.17, 15) is 9.59 Å². The predicted molar refractivity (Wildman–Crippen MR) is 132 cm³/mol. The summed E-state index contributed by atoms with van der Waals surface area (Å²) in [5.41, 5.74) is 0.760. The molecule has 4 heterocycles. The van der Waals surface area contributed by atoms with Crippen LogP contribution in [0, 0.1) is 6.92 Å². The fourth-order valence-electron chi connectivity index (χ4n) is 4.51. The van der Waals surface area contributed by atoms with E-state index in [1.807, 2.05) is 23.6 Å². The van der Waals surface area contributed by atoms with Gasteiger partial charge in [0.25, 0.3) is 11.5 Å². The summed E-state index contributed by atoms with van der Waals surface area (Å²) < 4.78 is 7.33. The Morgan fingerprint density at radius 2 is 2.21 bits per heavy atom. The molecule has 7 nitrogen and oxygen atoms in total. The SMILES string of the molecule is CC[C@@H](C)N(CCCNC(=O)c1sc2nc3n(c(=O)c2c1C)CCCCC3)Cc1ccco1. The van der Waals surface area contributed by atoms with Crippen molar-refractivity contribution in [3.05, 3.63) is 50.8 Å². The summed E-state index contributed by atoms with van der Waals surface area (Å²) in [7, 11) is 0. The third kappa shape index (κ3) is 5.22. The molecule has 1 aliphatic heterocycles. The lowest BCUT2D eigenvalue weighted by atomic mass is 10.2. The van der Waals surface area contributed by atoms with Crippen LogP contribution >= 0.6 is 11.3 Å². The average Bonchev–Trinajstić information content (AvgIpc) is 3.36. The standard InChI is InChI=1S/C25H34N4O3S/c1-4-17(2)28(16-19-10-8-15-32-19)13-9-12-26-23(30)22-18(3)21-24(33-22)27-20-11-6-5-7-14-29(20)25(21)31/h8,10,15,17H,4-7,9,11-14,16H2,1-3H3,(H,26,30)/t17-/m1/s1. The van der Waals surface area contributed by atoms with E-state index in [-0.39, 0.29) is 11.5 Å². The zero-order chi connectivity index (χ0) is 23.4. The Balaban J connectivity index is 1.41. The second kappa shape index (κ2) is 10.7. The van der Waals surface area contributed by atoms with Crippen LogP contribution in [0.15, 0.2) is 27.6 Å². The molecular formula is C25H34N4O3S. The van der Waals surface area contributed by atoms with Crippen molar-refractivity contribution in [1.82, 2.24) is 19.8 Å². The Bertz CT molecular complexity index is 1150. The topological polar surface area (TPSA) is 80.4 Å². The normalized spacial score (nSPS) is 14.9. The van der Waals surface area contributed by atoms with Crippen LogP contribution in [0.25, 0.3) is 10.2 Å². The van der Waals surface area contributed by atoms with Crippen LogP contribution in [-0.4, -0.2) is 39.5 Å². The molecule has 3 aromatic heterocycles. The molecule has 0 aromatic carbocycles. The first kappa shape index (κ1) is 23.7. The van der Waals surface area contributed by atoms with Gasteiger partial charge in [0.1, 0.15) is 16.4 Å². The number of rotatable bonds is 9. The minimum Gasteiger partial charge on any atom is -0.468 e. The molecule has 0 unspecified atom stereocenters. The number of amides is 1. The smallest absolute Gasteiger partial charge is 0.262 e. The lowest BCUT2D eigenvalue weighted by Gasteiger charge is -2.27. The van der Waals surface area contributed by atoms with Crippen molar-refractivity contribution in [2.75, 3.05) is 13.1 Å². The summed E-state index contributed by atoms with van der Waals surface area (Å²) in [5, 5.41) is 3.66. The van der Waals surface area contributed by atoms with Crippen LogP contribution in [0.5, 0.6) is 0 Å². The quantitative estimate of drug-likeness (QED) is 0.466. The Kier molecular flexibility index (Phi) is 7.65. The van der Waals surface area contributed by atoms with Crippen molar-refractivity contribution in [3.63, 3.8) is 0 Å². The summed E-state index contributed by atoms with van der Waals surface area (Å²) in [6.07, 6.45) is 7.62. The number of furan rings is 1. The van der Waals surface area contributed by atoms with E-state index in [1.165, 1.54) is 11.3 Å². The van der Waals surface area contributed by atoms with E-state index >= 15 is 0 Å². The number of hydrogen-bond donors (Lipinski definition) is 1. The van der Waals surface area contributed by atoms with Gasteiger partial charge in [0.15, 0.2) is 0 Å². The monoisotopic (exact) mass is 470 g/mol. The van der Waals surface area contributed by atoms with Crippen LogP contribution in [0.4, 0.5) is 0 Å². The maximum absolute atomic E-state index is 13.1. The number of thiophene rings is 1. The van der Waals surface area contributed by atoms with Gasteiger partial charge in [0.2, 0.25) is 0 Å². The molecule has 0 radical (unpaired) electrons. The first-order chi connectivity index (χ1) is 16.0. The second-order valence-electron chi connectivity index (χ2n) is 8.95. The number of hydrogen-bond acceptors (Lipinski definition) is 6. The third-order valence-corrected chi connectivity index (χ3v) is 7.86. The van der Waals surface area contributed by atoms with Gasteiger partial charge in [-0.1, -0.05) is 13.3 Å². The number of carbonyl (C=O) groups excluding carboxylic acids is 1. The fourth-order valence-corrected chi connectivity index (χ4v) is 5.61. The number of nitrogens with zero attached hydrogens (tertiary/aromatic N) is 3. The highest BCUT2D eigenvalue weighted by Gasteiger charge is 2.22. The summed E-state index contributed by atoms with van der Waals surface area (Å²) >= 11 is 1.34. The second-order valence-corrected chi connectivity index (χ2v) is 9.95. The van der Waals surface area contributed by atoms with Crippen molar-refractivity contribution < 1.29 is 9.21 Å². The van der Waals surface area contributed by atoms with E-state index < -0.39 is 0 Å². The Labute approximate surface area is 198 Å². The van der Waals surface area contributed by atoms with Gasteiger partial charge < -0.3 is 9.73 Å². The van der Waals surface area contributed by atoms with Crippen molar-refractivity contribution >= 4 is 27.5 Å². The summed E-state index contributed by atoms with van der Waals surface area (Å²) in [6.45, 7) is 9.22. The van der Waals surface area contributed by atoms with Gasteiger partial charge >= 0.3 is 0 Å². The Morgan fingerprint density at radius 1 is 1.36 bits per heavy atom. The maximum atomic E-state index is 13.1. The van der Waals surface area contributed by atoms with Gasteiger partial charge in [-0.3, -0.25) is 19.1 Å². The number of carbonyl (C=O) groups is 1. The van der Waals surface area contributed by atoms with Gasteiger partial charge in [-0.15, -0.1) is 11.3 Å². The number of aryl methyl sites for hydroxylation is 2. The van der Waals surface area contributed by atoms with Crippen molar-refractivity contribution in [2.24, 2.45) is 0 Å². The van der Waals surface area contributed by atoms with Gasteiger partial charge in [-0.05, 0) is 57.2 Å². The highest BCUT2D eigenvalue weighted by Crippen LogP contribution is 2.28. The van der Waals surface area contributed by atoms with Crippen LogP contribution in [-0.2, 0) is 19.5 Å². The summed E-state index contributed by atoms with van der Waals surface area (Å²) in [6, 6.07) is 4.35. The number of fused-ring (bicyclic) bond motifs is 2. The average molecular weight is 471 g/mol. The maximum Gasteiger partial charge on any atom is 0.262 e. The van der Waals surface area contributed by atoms with Gasteiger partial charge in [0.05, 0.1) is 23.1 Å². The van der Waals surface area contributed by atoms with E-state index in [4.69, 9.17) is 9.40 Å². The van der Waals surface area contributed by atoms with Crippen molar-refractivity contribution in [3.8, 4) is 0 Å². The van der Waals surface area contributed by atoms with Crippen LogP contribution in [0.1, 0.15) is 72.8 Å². The molecule has 1 amide bonds. The molecule has 1 aliphatic rings. The molecule has 0 saturated heterocycles. The molecule has 0 bridgehead atoms. The number of aromatic nitrogens is 2. The van der Waals surface area contributed by atoms with Crippen LogP contribution < -0.4 is 10.9 Å². The van der Waals surface area contributed by atoms with Crippen molar-refractivity contribution in [2.45, 2.75) is 78.4 Å². The molecule has 0 aliphatic carbocycles. The van der Waals surface area contributed by atoms with Crippen molar-refractivity contribution in [1.29, 1.82) is 0 Å². The molecule has 178 valence electrons. The molecule has 4 rings (SSSR count). The zero-order valence-corrected chi connectivity index (χ0v) is 20.7. The predicted octanol–water partition coefficient (Wildman–Crippen LogP) is 4.51. The zero-order valence-electron chi connectivity index (χ0n) is 19.9. The highest BCUT2D eigenvalue weighted by molar-refractivity contribution is 7.20. The minimum atomic E-state index is -0.115. The third-order valence-electron chi connectivity index (χ3n) is 6.68. The first-order valence-corrected chi connectivity index (χ1v) is 12.9. The van der Waals surface area contributed by atoms with E-state index in [0.29, 0.717) is 27.7 Å². The lowest BCUT2D eigenvalue weighted by Crippen LogP contribution is -2.35. The molecule has 33 heavy (non-hydrogen) atoms. The molecule has 1 atom stereocenters. The molecule has 0 saturated carbocycles. The highest BCUT2D eigenvalue weighted by atomic mass is 32.1. The van der Waals surface area contributed by atoms with Crippen LogP contribution in [0.2, 0.25) is 0 Å². The lowest BCUT2D eigenvalue weighted by molar-refractivity contribution is 0.0953. The molecular weight excluding hydrogens is 436 g/mol. The minimum absolute atomic E-state index is 0.00632. The van der Waals surface area contributed by atoms with E-state index in [0.717, 1.165) is 75.3 Å². The van der Waals surface area contributed by atoms with Gasteiger partial charge in [0, 0.05) is 32.1 Å².